The topological polar surface area (TPSA) is 44.8 Å². The van der Waals surface area contributed by atoms with E-state index in [2.05, 4.69) is 26.1 Å². The summed E-state index contributed by atoms with van der Waals surface area (Å²) in [6.07, 6.45) is 0.566. The van der Waals surface area contributed by atoms with Crippen LogP contribution in [0.1, 0.15) is 37.6 Å². The molecule has 1 unspecified atom stereocenters. The van der Waals surface area contributed by atoms with Crippen molar-refractivity contribution in [3.63, 3.8) is 0 Å². The minimum absolute atomic E-state index is 0.0214. The lowest BCUT2D eigenvalue weighted by Crippen LogP contribution is -2.44. The number of carbonyl (C=O) groups is 1. The van der Waals surface area contributed by atoms with Gasteiger partial charge in [0.2, 0.25) is 0 Å². The van der Waals surface area contributed by atoms with Crippen LogP contribution in [0, 0.1) is 6.61 Å². The molecule has 0 fully saturated rings. The van der Waals surface area contributed by atoms with E-state index in [9.17, 15) is 4.79 Å². The molecule has 127 valence electrons. The maximum Gasteiger partial charge on any atom is 0.373 e. The maximum absolute atomic E-state index is 11.9. The van der Waals surface area contributed by atoms with Gasteiger partial charge in [-0.3, -0.25) is 4.89 Å². The molecular weight excluding hydrogens is 308 g/mol. The van der Waals surface area contributed by atoms with Gasteiger partial charge in [0.05, 0.1) is 11.7 Å². The second kappa shape index (κ2) is 9.65. The van der Waals surface area contributed by atoms with E-state index in [1.807, 2.05) is 19.1 Å². The quantitative estimate of drug-likeness (QED) is 0.282. The molecule has 0 aliphatic heterocycles. The van der Waals surface area contributed by atoms with Gasteiger partial charge in [-0.25, -0.2) is 4.79 Å². The van der Waals surface area contributed by atoms with E-state index < -0.39 is 14.0 Å². The smallest absolute Gasteiger partial charge is 0.373 e. The molecule has 1 aromatic rings. The average molecular weight is 335 g/mol. The summed E-state index contributed by atoms with van der Waals surface area (Å²) in [5.74, 6) is -0.503. The summed E-state index contributed by atoms with van der Waals surface area (Å²) in [7, 11) is -0.0225. The maximum atomic E-state index is 11.9. The Bertz CT molecular complexity index is 494. The minimum atomic E-state index is -1.64. The normalized spacial score (nSPS) is 12.7. The van der Waals surface area contributed by atoms with Crippen molar-refractivity contribution in [3.05, 3.63) is 48.7 Å². The lowest BCUT2D eigenvalue weighted by atomic mass is 10.2. The van der Waals surface area contributed by atoms with E-state index in [0.717, 1.165) is 12.1 Å². The molecule has 0 spiro atoms. The van der Waals surface area contributed by atoms with Gasteiger partial charge in [-0.2, -0.15) is 4.89 Å². The molecule has 1 rings (SSSR count). The van der Waals surface area contributed by atoms with Gasteiger partial charge in [0, 0.05) is 13.5 Å². The summed E-state index contributed by atoms with van der Waals surface area (Å²) in [4.78, 5) is 21.5. The minimum Gasteiger partial charge on any atom is -0.382 e. The van der Waals surface area contributed by atoms with Gasteiger partial charge in [0.25, 0.3) is 0 Å². The third-order valence-electron chi connectivity index (χ3n) is 4.37. The molecule has 0 amide bonds. The van der Waals surface area contributed by atoms with Crippen LogP contribution in [0.4, 0.5) is 0 Å². The first-order chi connectivity index (χ1) is 11.0. The summed E-state index contributed by atoms with van der Waals surface area (Å²) >= 11 is 0. The molecule has 0 aliphatic carbocycles. The van der Waals surface area contributed by atoms with Crippen LogP contribution in [0.3, 0.4) is 0 Å². The van der Waals surface area contributed by atoms with E-state index in [0.29, 0.717) is 12.0 Å². The second-order valence-corrected chi connectivity index (χ2v) is 10.3. The molecule has 0 aliphatic rings. The van der Waals surface area contributed by atoms with Gasteiger partial charge in [-0.1, -0.05) is 49.0 Å². The molecule has 0 bridgehead atoms. The summed E-state index contributed by atoms with van der Waals surface area (Å²) in [6.45, 7) is 11.7. The summed E-state index contributed by atoms with van der Waals surface area (Å²) in [5.41, 5.74) is 2.59. The molecule has 1 atom stereocenters. The average Bonchev–Trinajstić information content (AvgIpc) is 2.60. The lowest BCUT2D eigenvalue weighted by Gasteiger charge is -2.25. The Balaban J connectivity index is 2.62. The standard InChI is InChI=1S/C18H27O4Si/c1-6-23(7-2,8-3)17-11-9-16(10-12-17)18(19)22-21-14-13-15(4)20-5/h6,9-12,14-15H,1,7-8,13H2,2-5H3. The Morgan fingerprint density at radius 2 is 1.87 bits per heavy atom. The Morgan fingerprint density at radius 3 is 2.35 bits per heavy atom. The molecule has 0 heterocycles. The van der Waals surface area contributed by atoms with Crippen LogP contribution in [0.25, 0.3) is 0 Å². The predicted molar refractivity (Wildman–Crippen MR) is 94.9 cm³/mol. The van der Waals surface area contributed by atoms with Gasteiger partial charge < -0.3 is 4.74 Å². The third kappa shape index (κ3) is 5.30. The Labute approximate surface area is 140 Å². The van der Waals surface area contributed by atoms with E-state index in [1.54, 1.807) is 19.2 Å². The largest absolute Gasteiger partial charge is 0.382 e. The van der Waals surface area contributed by atoms with Crippen molar-refractivity contribution in [1.82, 2.24) is 0 Å². The fraction of sp³-hybridized carbons (Fsp3) is 0.444. The molecule has 23 heavy (non-hydrogen) atoms. The van der Waals surface area contributed by atoms with Crippen LogP contribution in [-0.2, 0) is 14.5 Å². The Morgan fingerprint density at radius 1 is 1.26 bits per heavy atom. The number of hydrogen-bond acceptors (Lipinski definition) is 4. The van der Waals surface area contributed by atoms with Crippen molar-refractivity contribution in [3.8, 4) is 0 Å². The number of ether oxygens (including phenoxy) is 1. The lowest BCUT2D eigenvalue weighted by molar-refractivity contribution is -0.215. The Kier molecular flexibility index (Phi) is 8.23. The third-order valence-corrected chi connectivity index (χ3v) is 9.16. The molecule has 4 nitrogen and oxygen atoms in total. The van der Waals surface area contributed by atoms with Gasteiger partial charge >= 0.3 is 5.97 Å². The molecule has 1 aromatic carbocycles. The van der Waals surface area contributed by atoms with Crippen molar-refractivity contribution in [2.45, 2.75) is 45.4 Å². The van der Waals surface area contributed by atoms with Crippen molar-refractivity contribution < 1.29 is 19.3 Å². The highest BCUT2D eigenvalue weighted by molar-refractivity contribution is 6.95. The van der Waals surface area contributed by atoms with E-state index in [1.165, 1.54) is 11.8 Å². The molecular formula is C18H27O4Si. The zero-order valence-electron chi connectivity index (χ0n) is 14.5. The predicted octanol–water partition coefficient (Wildman–Crippen LogP) is 3.78. The molecule has 5 heteroatoms. The number of benzene rings is 1. The molecule has 1 radical (unpaired) electrons. The van der Waals surface area contributed by atoms with Gasteiger partial charge in [0.15, 0.2) is 0 Å². The van der Waals surface area contributed by atoms with Crippen LogP contribution in [0.15, 0.2) is 36.5 Å². The highest BCUT2D eigenvalue weighted by Gasteiger charge is 2.27. The fourth-order valence-electron chi connectivity index (χ4n) is 2.40. The SMILES string of the molecule is C=C[Si](CC)(CC)c1ccc(C(=O)OO[CH]CC(C)OC)cc1. The van der Waals surface area contributed by atoms with Crippen molar-refractivity contribution in [2.75, 3.05) is 7.11 Å². The summed E-state index contributed by atoms with van der Waals surface area (Å²) < 4.78 is 5.06. The van der Waals surface area contributed by atoms with Crippen LogP contribution in [0.2, 0.25) is 12.1 Å². The van der Waals surface area contributed by atoms with Crippen molar-refractivity contribution in [2.24, 2.45) is 0 Å². The first-order valence-electron chi connectivity index (χ1n) is 7.99. The zero-order valence-corrected chi connectivity index (χ0v) is 15.5. The van der Waals surface area contributed by atoms with Crippen LogP contribution in [-0.4, -0.2) is 27.3 Å². The first kappa shape index (κ1) is 19.6. The molecule has 0 aromatic heterocycles. The van der Waals surface area contributed by atoms with Gasteiger partial charge in [-0.15, -0.1) is 6.58 Å². The van der Waals surface area contributed by atoms with Crippen LogP contribution < -0.4 is 5.19 Å². The first-order valence-corrected chi connectivity index (χ1v) is 10.5. The van der Waals surface area contributed by atoms with Crippen molar-refractivity contribution in [1.29, 1.82) is 0 Å². The van der Waals surface area contributed by atoms with Crippen molar-refractivity contribution >= 4 is 19.2 Å². The zero-order chi connectivity index (χ0) is 17.3. The summed E-state index contributed by atoms with van der Waals surface area (Å²) in [5, 5.41) is 1.29. The molecule has 0 saturated carbocycles. The van der Waals surface area contributed by atoms with Crippen LogP contribution in [0.5, 0.6) is 0 Å². The molecule has 0 N–H and O–H groups in total. The van der Waals surface area contributed by atoms with E-state index in [-0.39, 0.29) is 6.10 Å². The monoisotopic (exact) mass is 335 g/mol. The number of methoxy groups -OCH3 is 1. The van der Waals surface area contributed by atoms with E-state index in [4.69, 9.17) is 14.5 Å². The van der Waals surface area contributed by atoms with E-state index >= 15 is 0 Å². The number of rotatable bonds is 10. The van der Waals surface area contributed by atoms with Gasteiger partial charge in [0.1, 0.15) is 14.7 Å². The molecule has 0 saturated heterocycles. The van der Waals surface area contributed by atoms with Gasteiger partial charge in [-0.05, 0) is 19.1 Å². The number of hydrogen-bond donors (Lipinski definition) is 0. The number of carbonyl (C=O) groups excluding carboxylic acids is 1. The fourth-order valence-corrected chi connectivity index (χ4v) is 5.36. The summed E-state index contributed by atoms with van der Waals surface area (Å²) in [6, 6.07) is 9.80. The second-order valence-electron chi connectivity index (χ2n) is 5.56. The Hall–Kier alpha value is -1.43. The van der Waals surface area contributed by atoms with Crippen LogP contribution >= 0.6 is 0 Å². The highest BCUT2D eigenvalue weighted by Crippen LogP contribution is 2.17. The highest BCUT2D eigenvalue weighted by atomic mass is 28.3.